The van der Waals surface area contributed by atoms with Crippen molar-refractivity contribution in [2.75, 3.05) is 14.1 Å². The highest BCUT2D eigenvalue weighted by Gasteiger charge is 2.01. The number of allylic oxidation sites excluding steroid dienone is 1. The Labute approximate surface area is 85.6 Å². The molecule has 68 valence electrons. The zero-order chi connectivity index (χ0) is 9.72. The van der Waals surface area contributed by atoms with Gasteiger partial charge in [0.05, 0.1) is 0 Å². The van der Waals surface area contributed by atoms with Gasteiger partial charge in [0.1, 0.15) is 5.03 Å². The Bertz CT molecular complexity index is 235. The van der Waals surface area contributed by atoms with Crippen molar-refractivity contribution < 1.29 is 4.79 Å². The minimum Gasteiger partial charge on any atom is -0.353 e. The monoisotopic (exact) mass is 228 g/mol. The molecule has 0 aliphatic rings. The highest BCUT2D eigenvalue weighted by Crippen LogP contribution is 2.14. The molecule has 0 radical (unpaired) electrons. The van der Waals surface area contributed by atoms with Crippen LogP contribution in [0.5, 0.6) is 0 Å². The van der Waals surface area contributed by atoms with Crippen LogP contribution < -0.4 is 0 Å². The van der Waals surface area contributed by atoms with Crippen LogP contribution in [0.1, 0.15) is 0 Å². The average Bonchev–Trinajstić information content (AvgIpc) is 2.02. The van der Waals surface area contributed by atoms with Gasteiger partial charge >= 0.3 is 0 Å². The van der Waals surface area contributed by atoms with Gasteiger partial charge in [-0.2, -0.15) is 0 Å². The number of halogens is 3. The van der Waals surface area contributed by atoms with E-state index in [4.69, 9.17) is 34.8 Å². The molecule has 0 aromatic rings. The van der Waals surface area contributed by atoms with E-state index in [0.29, 0.717) is 6.29 Å². The van der Waals surface area contributed by atoms with Gasteiger partial charge in [-0.1, -0.05) is 23.2 Å². The maximum atomic E-state index is 10.1. The number of nitrogens with zero attached hydrogens (tertiary/aromatic N) is 2. The van der Waals surface area contributed by atoms with E-state index >= 15 is 0 Å². The molecule has 0 rings (SSSR count). The molecule has 6 heteroatoms. The molecule has 0 unspecified atom stereocenters. The summed E-state index contributed by atoms with van der Waals surface area (Å²) in [5, 5.41) is -0.137. The van der Waals surface area contributed by atoms with Crippen molar-refractivity contribution in [1.29, 1.82) is 0 Å². The predicted molar refractivity (Wildman–Crippen MR) is 51.8 cm³/mol. The third-order valence-corrected chi connectivity index (χ3v) is 1.94. The standard InChI is InChI=1S/C6H7Cl3N2O/c1-11(2)6(9)10-5(8)4(7)3-12/h3H,1-2H3/b5-4+,10-6-. The van der Waals surface area contributed by atoms with Gasteiger partial charge in [0.2, 0.25) is 0 Å². The van der Waals surface area contributed by atoms with Crippen molar-refractivity contribution >= 4 is 46.4 Å². The second-order valence-corrected chi connectivity index (χ2v) is 3.14. The topological polar surface area (TPSA) is 32.7 Å². The summed E-state index contributed by atoms with van der Waals surface area (Å²) in [4.78, 5) is 15.3. The number of carbonyl (C=O) groups is 1. The van der Waals surface area contributed by atoms with E-state index in [1.807, 2.05) is 0 Å². The molecule has 0 heterocycles. The van der Waals surface area contributed by atoms with E-state index in [2.05, 4.69) is 4.99 Å². The van der Waals surface area contributed by atoms with Gasteiger partial charge in [-0.3, -0.25) is 4.79 Å². The molecule has 0 spiro atoms. The second kappa shape index (κ2) is 5.41. The van der Waals surface area contributed by atoms with Crippen molar-refractivity contribution in [3.63, 3.8) is 0 Å². The van der Waals surface area contributed by atoms with Gasteiger partial charge in [0.15, 0.2) is 16.7 Å². The Balaban J connectivity index is 4.64. The first-order valence-electron chi connectivity index (χ1n) is 2.91. The fourth-order valence-electron chi connectivity index (χ4n) is 0.283. The summed E-state index contributed by atoms with van der Waals surface area (Å²) in [6.07, 6.45) is 0.396. The Morgan fingerprint density at radius 1 is 1.33 bits per heavy atom. The lowest BCUT2D eigenvalue weighted by Crippen LogP contribution is -2.15. The molecule has 3 nitrogen and oxygen atoms in total. The van der Waals surface area contributed by atoms with E-state index in [9.17, 15) is 4.79 Å². The molecule has 0 amide bonds. The normalized spacial score (nSPS) is 13.9. The van der Waals surface area contributed by atoms with Crippen LogP contribution in [0.4, 0.5) is 0 Å². The summed E-state index contributed by atoms with van der Waals surface area (Å²) >= 11 is 16.4. The summed E-state index contributed by atoms with van der Waals surface area (Å²) in [6, 6.07) is 0. The number of aldehydes is 1. The molecule has 0 N–H and O–H groups in total. The molecule has 0 atom stereocenters. The van der Waals surface area contributed by atoms with Crippen LogP contribution >= 0.6 is 34.8 Å². The van der Waals surface area contributed by atoms with Crippen molar-refractivity contribution in [3.8, 4) is 0 Å². The molecular formula is C6H7Cl3N2O. The van der Waals surface area contributed by atoms with E-state index in [1.165, 1.54) is 4.90 Å². The predicted octanol–water partition coefficient (Wildman–Crippen LogP) is 1.99. The minimum absolute atomic E-state index is 0.120. The molecular weight excluding hydrogens is 222 g/mol. The molecule has 0 saturated heterocycles. The second-order valence-electron chi connectivity index (χ2n) is 2.03. The van der Waals surface area contributed by atoms with Gasteiger partial charge in [0.25, 0.3) is 0 Å². The third-order valence-electron chi connectivity index (χ3n) is 0.860. The summed E-state index contributed by atoms with van der Waals surface area (Å²) in [6.45, 7) is 0. The van der Waals surface area contributed by atoms with Gasteiger partial charge in [0, 0.05) is 14.1 Å². The van der Waals surface area contributed by atoms with Crippen LogP contribution in [0.25, 0.3) is 0 Å². The van der Waals surface area contributed by atoms with Crippen LogP contribution in [-0.2, 0) is 4.79 Å². The number of carbonyl (C=O) groups excluding carboxylic acids is 1. The Morgan fingerprint density at radius 2 is 1.83 bits per heavy atom. The molecule has 0 aliphatic heterocycles. The highest BCUT2D eigenvalue weighted by molar-refractivity contribution is 6.65. The van der Waals surface area contributed by atoms with E-state index in [-0.39, 0.29) is 15.5 Å². The first-order chi connectivity index (χ1) is 5.49. The third kappa shape index (κ3) is 3.95. The largest absolute Gasteiger partial charge is 0.353 e. The van der Waals surface area contributed by atoms with E-state index < -0.39 is 0 Å². The number of aliphatic imine (C=N–C) groups is 1. The van der Waals surface area contributed by atoms with Crippen molar-refractivity contribution in [2.24, 2.45) is 4.99 Å². The van der Waals surface area contributed by atoms with Crippen LogP contribution in [0.2, 0.25) is 0 Å². The lowest BCUT2D eigenvalue weighted by Gasteiger charge is -2.07. The molecule has 0 aromatic carbocycles. The zero-order valence-electron chi connectivity index (χ0n) is 6.51. The Hall–Kier alpha value is -0.250. The van der Waals surface area contributed by atoms with Crippen LogP contribution in [0.3, 0.4) is 0 Å². The maximum absolute atomic E-state index is 10.1. The zero-order valence-corrected chi connectivity index (χ0v) is 8.78. The lowest BCUT2D eigenvalue weighted by molar-refractivity contribution is -0.104. The van der Waals surface area contributed by atoms with Gasteiger partial charge in [-0.25, -0.2) is 4.99 Å². The van der Waals surface area contributed by atoms with E-state index in [0.717, 1.165) is 0 Å². The summed E-state index contributed by atoms with van der Waals surface area (Å²) in [7, 11) is 3.37. The number of hydrogen-bond acceptors (Lipinski definition) is 2. The Kier molecular flexibility index (Phi) is 5.29. The quantitative estimate of drug-likeness (QED) is 0.238. The molecule has 12 heavy (non-hydrogen) atoms. The summed E-state index contributed by atoms with van der Waals surface area (Å²) < 4.78 is 0. The van der Waals surface area contributed by atoms with Crippen molar-refractivity contribution in [1.82, 2.24) is 4.90 Å². The number of hydrogen-bond donors (Lipinski definition) is 0. The fourth-order valence-corrected chi connectivity index (χ4v) is 0.578. The van der Waals surface area contributed by atoms with Crippen LogP contribution in [0, 0.1) is 0 Å². The molecule has 0 aliphatic carbocycles. The Morgan fingerprint density at radius 3 is 2.17 bits per heavy atom. The van der Waals surface area contributed by atoms with Gasteiger partial charge < -0.3 is 4.90 Å². The first kappa shape index (κ1) is 11.8. The maximum Gasteiger partial charge on any atom is 0.199 e. The van der Waals surface area contributed by atoms with Crippen molar-refractivity contribution in [3.05, 3.63) is 10.2 Å². The average molecular weight is 229 g/mol. The molecule has 0 aromatic heterocycles. The van der Waals surface area contributed by atoms with Gasteiger partial charge in [-0.15, -0.1) is 0 Å². The lowest BCUT2D eigenvalue weighted by atomic mass is 10.7. The fraction of sp³-hybridized carbons (Fsp3) is 0.333. The molecule has 0 bridgehead atoms. The first-order valence-corrected chi connectivity index (χ1v) is 4.04. The smallest absolute Gasteiger partial charge is 0.199 e. The van der Waals surface area contributed by atoms with Gasteiger partial charge in [-0.05, 0) is 11.6 Å². The summed E-state index contributed by atoms with van der Waals surface area (Å²) in [5.74, 6) is 0. The van der Waals surface area contributed by atoms with Crippen LogP contribution in [-0.4, -0.2) is 30.6 Å². The number of rotatable bonds is 2. The van der Waals surface area contributed by atoms with E-state index in [1.54, 1.807) is 14.1 Å². The number of amidine groups is 1. The minimum atomic E-state index is -0.170. The highest BCUT2D eigenvalue weighted by atomic mass is 35.5. The molecule has 0 fully saturated rings. The molecule has 0 saturated carbocycles. The SMILES string of the molecule is CN(C)/C(Cl)=N\C(Cl)=C(\Cl)C=O. The van der Waals surface area contributed by atoms with Crippen molar-refractivity contribution in [2.45, 2.75) is 0 Å². The summed E-state index contributed by atoms with van der Waals surface area (Å²) in [5.41, 5.74) is 0. The van der Waals surface area contributed by atoms with Crippen LogP contribution in [0.15, 0.2) is 15.2 Å².